The lowest BCUT2D eigenvalue weighted by Gasteiger charge is -2.21. The topological polar surface area (TPSA) is 22.2 Å². The van der Waals surface area contributed by atoms with Gasteiger partial charge in [0, 0.05) is 27.3 Å². The van der Waals surface area contributed by atoms with Crippen molar-refractivity contribution < 1.29 is 0 Å². The van der Waals surface area contributed by atoms with Crippen molar-refractivity contribution in [3.63, 3.8) is 0 Å². The lowest BCUT2D eigenvalue weighted by molar-refractivity contribution is 0.661. The first-order valence-corrected chi connectivity index (χ1v) is 15.7. The van der Waals surface area contributed by atoms with Crippen molar-refractivity contribution >= 4 is 49.3 Å². The van der Waals surface area contributed by atoms with Gasteiger partial charge in [-0.15, -0.1) is 0 Å². The monoisotopic (exact) mass is 575 g/mol. The van der Waals surface area contributed by atoms with E-state index in [2.05, 4.69) is 162 Å². The summed E-state index contributed by atoms with van der Waals surface area (Å²) in [5.74, 6) is 0. The molecular formula is C42H29N3. The molecule has 1 aliphatic rings. The van der Waals surface area contributed by atoms with Crippen LogP contribution in [-0.4, -0.2) is 14.0 Å². The second-order valence-electron chi connectivity index (χ2n) is 12.9. The summed E-state index contributed by atoms with van der Waals surface area (Å²) in [6.07, 6.45) is 0. The molecule has 0 aliphatic heterocycles. The molecule has 0 spiro atoms. The largest absolute Gasteiger partial charge is 0.309 e. The van der Waals surface area contributed by atoms with Crippen LogP contribution < -0.4 is 0 Å². The van der Waals surface area contributed by atoms with Gasteiger partial charge in [-0.2, -0.15) is 0 Å². The first kappa shape index (κ1) is 24.7. The number of para-hydroxylation sites is 3. The van der Waals surface area contributed by atoms with E-state index in [0.717, 1.165) is 39.0 Å². The second kappa shape index (κ2) is 8.71. The molecule has 0 N–H and O–H groups in total. The van der Waals surface area contributed by atoms with E-state index in [4.69, 9.17) is 4.98 Å². The molecule has 0 fully saturated rings. The summed E-state index contributed by atoms with van der Waals surface area (Å²) in [5.41, 5.74) is 14.5. The smallest absolute Gasteiger partial charge is 0.146 e. The fraction of sp³-hybridized carbons (Fsp3) is 0.0714. The van der Waals surface area contributed by atoms with Crippen molar-refractivity contribution in [1.82, 2.24) is 14.0 Å². The molecule has 0 radical (unpaired) electrons. The van der Waals surface area contributed by atoms with Crippen LogP contribution in [0.5, 0.6) is 0 Å². The number of hydrogen-bond donors (Lipinski definition) is 0. The minimum absolute atomic E-state index is 0.0553. The Labute approximate surface area is 260 Å². The highest BCUT2D eigenvalue weighted by molar-refractivity contribution is 6.11. The highest BCUT2D eigenvalue weighted by Gasteiger charge is 2.36. The quantitative estimate of drug-likeness (QED) is 0.201. The van der Waals surface area contributed by atoms with Gasteiger partial charge in [-0.1, -0.05) is 105 Å². The molecule has 3 heterocycles. The maximum atomic E-state index is 5.07. The molecule has 0 saturated carbocycles. The van der Waals surface area contributed by atoms with Gasteiger partial charge in [-0.05, 0) is 81.7 Å². The van der Waals surface area contributed by atoms with Crippen LogP contribution in [0.1, 0.15) is 25.0 Å². The average molecular weight is 576 g/mol. The summed E-state index contributed by atoms with van der Waals surface area (Å²) >= 11 is 0. The van der Waals surface area contributed by atoms with Gasteiger partial charge < -0.3 is 4.57 Å². The molecule has 0 amide bonds. The number of rotatable bonds is 2. The van der Waals surface area contributed by atoms with Crippen molar-refractivity contribution in [2.45, 2.75) is 19.3 Å². The molecule has 212 valence electrons. The molecule has 45 heavy (non-hydrogen) atoms. The van der Waals surface area contributed by atoms with Gasteiger partial charge in [-0.25, -0.2) is 4.98 Å². The van der Waals surface area contributed by atoms with E-state index < -0.39 is 0 Å². The Balaban J connectivity index is 1.20. The van der Waals surface area contributed by atoms with Crippen LogP contribution in [0.15, 0.2) is 140 Å². The maximum Gasteiger partial charge on any atom is 0.146 e. The zero-order valence-electron chi connectivity index (χ0n) is 25.1. The number of fused-ring (bicyclic) bond motifs is 11. The number of hydrogen-bond acceptors (Lipinski definition) is 1. The Morgan fingerprint density at radius 1 is 0.533 bits per heavy atom. The number of nitrogens with zero attached hydrogens (tertiary/aromatic N) is 3. The van der Waals surface area contributed by atoms with Crippen molar-refractivity contribution in [2.24, 2.45) is 0 Å². The highest BCUT2D eigenvalue weighted by Crippen LogP contribution is 2.51. The zero-order valence-corrected chi connectivity index (χ0v) is 25.1. The van der Waals surface area contributed by atoms with E-state index in [0.29, 0.717) is 0 Å². The summed E-state index contributed by atoms with van der Waals surface area (Å²) in [4.78, 5) is 5.07. The third-order valence-corrected chi connectivity index (χ3v) is 10.1. The van der Waals surface area contributed by atoms with Gasteiger partial charge in [0.1, 0.15) is 5.65 Å². The fourth-order valence-electron chi connectivity index (χ4n) is 7.92. The Hall–Kier alpha value is -5.67. The summed E-state index contributed by atoms with van der Waals surface area (Å²) in [6.45, 7) is 4.71. The summed E-state index contributed by atoms with van der Waals surface area (Å²) in [6, 6.07) is 50.9. The van der Waals surface area contributed by atoms with Crippen molar-refractivity contribution in [3.8, 4) is 28.1 Å². The first-order valence-electron chi connectivity index (χ1n) is 15.7. The predicted molar refractivity (Wildman–Crippen MR) is 188 cm³/mol. The Morgan fingerprint density at radius 3 is 2.11 bits per heavy atom. The summed E-state index contributed by atoms with van der Waals surface area (Å²) in [5, 5.41) is 4.93. The molecule has 0 atom stereocenters. The summed E-state index contributed by atoms with van der Waals surface area (Å²) in [7, 11) is 0. The predicted octanol–water partition coefficient (Wildman–Crippen LogP) is 10.7. The van der Waals surface area contributed by atoms with Gasteiger partial charge in [0.2, 0.25) is 0 Å². The van der Waals surface area contributed by atoms with Gasteiger partial charge >= 0.3 is 0 Å². The van der Waals surface area contributed by atoms with Crippen molar-refractivity contribution in [3.05, 3.63) is 151 Å². The number of pyridine rings is 1. The highest BCUT2D eigenvalue weighted by atomic mass is 15.0. The number of aromatic nitrogens is 3. The van der Waals surface area contributed by atoms with Crippen LogP contribution in [0.2, 0.25) is 0 Å². The molecule has 0 saturated heterocycles. The molecule has 3 heteroatoms. The third kappa shape index (κ3) is 3.27. The standard InChI is InChI=1S/C42H29N3/c1-42(2)34-15-7-5-13-30(34)32-24-33-31-14-6-9-17-37(31)44(40(33)25-35(32)42)28-21-19-26(20-22-28)39-23-27-11-3-4-12-29(27)41-43-36-16-8-10-18-38(36)45(39)41/h3-25H,1-2H3. The molecule has 3 aromatic heterocycles. The van der Waals surface area contributed by atoms with Crippen molar-refractivity contribution in [2.75, 3.05) is 0 Å². The second-order valence-corrected chi connectivity index (χ2v) is 12.9. The van der Waals surface area contributed by atoms with E-state index in [-0.39, 0.29) is 5.41 Å². The van der Waals surface area contributed by atoms with Crippen LogP contribution in [0.4, 0.5) is 0 Å². The number of imidazole rings is 1. The van der Waals surface area contributed by atoms with Gasteiger partial charge in [0.15, 0.2) is 0 Å². The Bertz CT molecular complexity index is 2670. The Kier molecular flexibility index (Phi) is 4.79. The molecule has 3 nitrogen and oxygen atoms in total. The van der Waals surface area contributed by atoms with Crippen LogP contribution in [-0.2, 0) is 5.41 Å². The van der Waals surface area contributed by atoms with Gasteiger partial charge in [0.25, 0.3) is 0 Å². The zero-order chi connectivity index (χ0) is 29.9. The molecule has 0 unspecified atom stereocenters. The van der Waals surface area contributed by atoms with E-state index in [1.54, 1.807) is 0 Å². The van der Waals surface area contributed by atoms with E-state index in [1.807, 2.05) is 0 Å². The average Bonchev–Trinajstić information content (AvgIpc) is 3.70. The molecular weight excluding hydrogens is 546 g/mol. The van der Waals surface area contributed by atoms with E-state index in [1.165, 1.54) is 49.4 Å². The molecule has 10 rings (SSSR count). The van der Waals surface area contributed by atoms with Gasteiger partial charge in [-0.3, -0.25) is 4.40 Å². The SMILES string of the molecule is CC1(C)c2ccccc2-c2cc3c4ccccc4n(-c4ccc(-c5cc6ccccc6c6nc7ccccc7n56)cc4)c3cc21. The minimum Gasteiger partial charge on any atom is -0.309 e. The first-order chi connectivity index (χ1) is 22.1. The normalized spacial score (nSPS) is 13.7. The maximum absolute atomic E-state index is 5.07. The van der Waals surface area contributed by atoms with Crippen molar-refractivity contribution in [1.29, 1.82) is 0 Å². The molecule has 6 aromatic carbocycles. The fourth-order valence-corrected chi connectivity index (χ4v) is 7.92. The molecule has 1 aliphatic carbocycles. The van der Waals surface area contributed by atoms with Crippen LogP contribution in [0, 0.1) is 0 Å². The van der Waals surface area contributed by atoms with Crippen LogP contribution in [0.3, 0.4) is 0 Å². The van der Waals surface area contributed by atoms with Crippen LogP contribution >= 0.6 is 0 Å². The van der Waals surface area contributed by atoms with E-state index >= 15 is 0 Å². The van der Waals surface area contributed by atoms with E-state index in [9.17, 15) is 0 Å². The van der Waals surface area contributed by atoms with Crippen LogP contribution in [0.25, 0.3) is 77.3 Å². The number of benzene rings is 6. The third-order valence-electron chi connectivity index (χ3n) is 10.1. The summed E-state index contributed by atoms with van der Waals surface area (Å²) < 4.78 is 4.76. The van der Waals surface area contributed by atoms with Gasteiger partial charge in [0.05, 0.1) is 27.8 Å². The lowest BCUT2D eigenvalue weighted by atomic mass is 9.82. The minimum atomic E-state index is -0.0553. The lowest BCUT2D eigenvalue weighted by Crippen LogP contribution is -2.14. The Morgan fingerprint density at radius 2 is 1.24 bits per heavy atom. The molecule has 9 aromatic rings. The molecule has 0 bridgehead atoms.